The largest absolute Gasteiger partial charge is 2.00 e. The third kappa shape index (κ3) is 29.4. The van der Waals surface area contributed by atoms with Gasteiger partial charge in [0.15, 0.2) is 0 Å². The van der Waals surface area contributed by atoms with E-state index < -0.39 is 0 Å². The maximum Gasteiger partial charge on any atom is 2.00 e. The van der Waals surface area contributed by atoms with E-state index in [2.05, 4.69) is 26.0 Å². The molecule has 1 aliphatic rings. The van der Waals surface area contributed by atoms with E-state index in [1.165, 1.54) is 0 Å². The van der Waals surface area contributed by atoms with Gasteiger partial charge in [0.1, 0.15) is 0 Å². The molecule has 0 bridgehead atoms. The Morgan fingerprint density at radius 1 is 0.556 bits per heavy atom. The molecule has 0 atom stereocenters. The molecule has 0 heterocycles. The Morgan fingerprint density at radius 3 is 0.944 bits per heavy atom. The van der Waals surface area contributed by atoms with Crippen molar-refractivity contribution in [3.63, 3.8) is 0 Å². The molecule has 1 saturated carbocycles. The Bertz CT molecular complexity index is 215. The van der Waals surface area contributed by atoms with Crippen LogP contribution in [-0.4, -0.2) is 0 Å². The van der Waals surface area contributed by atoms with Gasteiger partial charge in [0.2, 0.25) is 0 Å². The summed E-state index contributed by atoms with van der Waals surface area (Å²) < 4.78 is 22.5. The third-order valence-corrected chi connectivity index (χ3v) is 1.16. The molecule has 2 rings (SSSR count). The minimum absolute atomic E-state index is 0. The van der Waals surface area contributed by atoms with Crippen LogP contribution in [0.15, 0.2) is 30.3 Å². The zero-order valence-electron chi connectivity index (χ0n) is 9.41. The summed E-state index contributed by atoms with van der Waals surface area (Å²) >= 11 is 0. The summed E-state index contributed by atoms with van der Waals surface area (Å²) in [5.74, 6) is 0. The van der Waals surface area contributed by atoms with E-state index in [4.69, 9.17) is 14.0 Å². The van der Waals surface area contributed by atoms with Crippen molar-refractivity contribution in [2.24, 2.45) is 0 Å². The average molecular weight is 410 g/mol. The Kier molecular flexibility index (Phi) is 51.7. The van der Waals surface area contributed by atoms with Crippen molar-refractivity contribution >= 4 is 0 Å². The molecule has 1 aromatic carbocycles. The van der Waals surface area contributed by atoms with Crippen molar-refractivity contribution in [2.75, 3.05) is 0 Å². The summed E-state index contributed by atoms with van der Waals surface area (Å²) in [4.78, 5) is 0. The summed E-state index contributed by atoms with van der Waals surface area (Å²) in [6.07, 6.45) is 10.0. The van der Waals surface area contributed by atoms with Crippen LogP contribution in [0.25, 0.3) is 0 Å². The normalized spacial score (nSPS) is 9.67. The summed E-state index contributed by atoms with van der Waals surface area (Å²) in [6.45, 7) is 13.5. The maximum absolute atomic E-state index is 7.50. The monoisotopic (exact) mass is 410 g/mol. The standard InChI is InChI=1S/C6H5.C5H5.3CO.W/c1-2-4-6-5-3-1;1-2-4-5-3-1;3*1-2;/h1-5H;1-5H;;;;/q-1;;;;;+2. The fourth-order valence-electron chi connectivity index (χ4n) is 0.663. The molecule has 0 spiro atoms. The molecule has 1 aromatic rings. The molecule has 1 aliphatic carbocycles. The second kappa shape index (κ2) is 36.0. The predicted molar refractivity (Wildman–Crippen MR) is 58.6 cm³/mol. The van der Waals surface area contributed by atoms with Crippen molar-refractivity contribution in [1.29, 1.82) is 0 Å². The van der Waals surface area contributed by atoms with Crippen LogP contribution < -0.4 is 0 Å². The zero-order chi connectivity index (χ0) is 13.8. The Hall–Kier alpha value is -0.872. The van der Waals surface area contributed by atoms with Gasteiger partial charge < -0.3 is 0 Å². The minimum Gasteiger partial charge on any atom is -0.184 e. The molecule has 0 amide bonds. The number of hydrogen-bond acceptors (Lipinski definition) is 0. The van der Waals surface area contributed by atoms with Crippen LogP contribution in [0.3, 0.4) is 0 Å². The van der Waals surface area contributed by atoms with Crippen LogP contribution in [0.1, 0.15) is 0 Å². The van der Waals surface area contributed by atoms with Gasteiger partial charge in [-0.05, 0) is 32.1 Å². The maximum atomic E-state index is 7.50. The average Bonchev–Trinajstić information content (AvgIpc) is 3.07. The quantitative estimate of drug-likeness (QED) is 0.466. The van der Waals surface area contributed by atoms with Gasteiger partial charge in [0, 0.05) is 0 Å². The first-order valence-electron chi connectivity index (χ1n) is 4.19. The molecule has 5 radical (unpaired) electrons. The second-order valence-corrected chi connectivity index (χ2v) is 2.04. The van der Waals surface area contributed by atoms with Crippen molar-refractivity contribution in [1.82, 2.24) is 0 Å². The molecule has 4 heteroatoms. The van der Waals surface area contributed by atoms with E-state index in [0.29, 0.717) is 0 Å². The molecule has 0 aliphatic heterocycles. The van der Waals surface area contributed by atoms with Crippen molar-refractivity contribution in [2.45, 2.75) is 0 Å². The van der Waals surface area contributed by atoms with Gasteiger partial charge in [-0.2, -0.15) is 36.4 Å². The van der Waals surface area contributed by atoms with E-state index in [0.717, 1.165) is 0 Å². The van der Waals surface area contributed by atoms with Gasteiger partial charge in [0.25, 0.3) is 0 Å². The first-order valence-corrected chi connectivity index (χ1v) is 4.19. The van der Waals surface area contributed by atoms with Gasteiger partial charge in [0.05, 0.1) is 0 Å². The molecule has 0 unspecified atom stereocenters. The van der Waals surface area contributed by atoms with Gasteiger partial charge in [-0.3, -0.25) is 0 Å². The van der Waals surface area contributed by atoms with Crippen LogP contribution in [0.5, 0.6) is 0 Å². The van der Waals surface area contributed by atoms with Gasteiger partial charge in [-0.1, -0.05) is 0 Å². The third-order valence-electron chi connectivity index (χ3n) is 1.16. The molecule has 3 nitrogen and oxygen atoms in total. The fraction of sp³-hybridized carbons (Fsp3) is 0. The molecule has 0 aromatic heterocycles. The van der Waals surface area contributed by atoms with E-state index >= 15 is 0 Å². The van der Waals surface area contributed by atoms with Gasteiger partial charge >= 0.3 is 55.0 Å². The van der Waals surface area contributed by atoms with Crippen LogP contribution in [0.4, 0.5) is 0 Å². The summed E-state index contributed by atoms with van der Waals surface area (Å²) in [6, 6.07) is 12.5. The summed E-state index contributed by atoms with van der Waals surface area (Å²) in [5, 5.41) is 0. The van der Waals surface area contributed by atoms with E-state index in [-0.39, 0.29) is 21.1 Å². The molecule has 1 fully saturated rings. The Labute approximate surface area is 123 Å². The van der Waals surface area contributed by atoms with Crippen LogP contribution in [0, 0.1) is 58.1 Å². The number of benzene rings is 1. The van der Waals surface area contributed by atoms with Gasteiger partial charge in [-0.25, -0.2) is 0 Å². The SMILES string of the molecule is [C-]#[O+].[C-]#[O+].[C-]#[O+].[CH]1[CH][CH][CH][CH]1.[W+2].[c-]1ccccc1. The molecule has 89 valence electrons. The number of hydrogen-bond donors (Lipinski definition) is 0. The molecular formula is C14H10O3W+. The molecule has 0 N–H and O–H groups in total. The first-order chi connectivity index (χ1) is 8.50. The smallest absolute Gasteiger partial charge is 0.184 e. The summed E-state index contributed by atoms with van der Waals surface area (Å²) in [5.41, 5.74) is 0. The van der Waals surface area contributed by atoms with E-state index in [1.54, 1.807) is 0 Å². The van der Waals surface area contributed by atoms with Gasteiger partial charge in [-0.15, -0.1) is 0 Å². The molecule has 18 heavy (non-hydrogen) atoms. The molecule has 0 saturated heterocycles. The van der Waals surface area contributed by atoms with E-state index in [9.17, 15) is 0 Å². The minimum atomic E-state index is 0. The van der Waals surface area contributed by atoms with Crippen molar-refractivity contribution in [3.05, 3.63) is 88.5 Å². The molecular weight excluding hydrogens is 400 g/mol. The van der Waals surface area contributed by atoms with Crippen LogP contribution in [-0.2, 0) is 35.0 Å². The van der Waals surface area contributed by atoms with Crippen LogP contribution >= 0.6 is 0 Å². The van der Waals surface area contributed by atoms with Crippen molar-refractivity contribution in [3.8, 4) is 0 Å². The van der Waals surface area contributed by atoms with E-state index in [1.807, 2.05) is 62.4 Å². The predicted octanol–water partition coefficient (Wildman–Crippen LogP) is 2.39. The Morgan fingerprint density at radius 2 is 0.833 bits per heavy atom. The zero-order valence-corrected chi connectivity index (χ0v) is 12.3. The van der Waals surface area contributed by atoms with Crippen LogP contribution in [0.2, 0.25) is 0 Å². The van der Waals surface area contributed by atoms with Crippen molar-refractivity contribution < 1.29 is 35.0 Å². The topological polar surface area (TPSA) is 59.7 Å². The number of rotatable bonds is 0. The Balaban J connectivity index is -0.0000000750. The summed E-state index contributed by atoms with van der Waals surface area (Å²) in [7, 11) is 0. The second-order valence-electron chi connectivity index (χ2n) is 2.04. The fourth-order valence-corrected chi connectivity index (χ4v) is 0.663. The first kappa shape index (κ1) is 25.9.